The second-order valence-corrected chi connectivity index (χ2v) is 5.40. The molecule has 1 aliphatic carbocycles. The number of nitrogens with zero attached hydrogens (tertiary/aromatic N) is 1. The number of hydrogen-bond acceptors (Lipinski definition) is 3. The highest BCUT2D eigenvalue weighted by atomic mass is 16.2. The molecule has 98 valence electrons. The van der Waals surface area contributed by atoms with Gasteiger partial charge in [0, 0.05) is 6.04 Å². The molecule has 17 heavy (non-hydrogen) atoms. The maximum Gasteiger partial charge on any atom is 0.234 e. The molecule has 1 rings (SSSR count). The van der Waals surface area contributed by atoms with Crippen molar-refractivity contribution in [3.8, 4) is 0 Å². The fourth-order valence-corrected chi connectivity index (χ4v) is 2.14. The molecule has 4 nitrogen and oxygen atoms in total. The molecule has 0 radical (unpaired) electrons. The first-order chi connectivity index (χ1) is 7.91. The largest absolute Gasteiger partial charge is 0.345 e. The summed E-state index contributed by atoms with van der Waals surface area (Å²) in [5, 5.41) is 2.82. The van der Waals surface area contributed by atoms with E-state index in [0.717, 1.165) is 0 Å². The van der Waals surface area contributed by atoms with Crippen LogP contribution in [0.1, 0.15) is 40.0 Å². The molecule has 0 saturated heterocycles. The zero-order valence-corrected chi connectivity index (χ0v) is 11.3. The lowest BCUT2D eigenvalue weighted by Crippen LogP contribution is -2.49. The summed E-state index contributed by atoms with van der Waals surface area (Å²) in [6, 6.07) is 0.202. The number of hydrogen-bond donors (Lipinski definition) is 1. The second-order valence-electron chi connectivity index (χ2n) is 5.40. The third kappa shape index (κ3) is 4.11. The number of Topliss-reactive ketones (excluding diaryl/α,β-unsaturated/α-hetero) is 1. The van der Waals surface area contributed by atoms with E-state index in [1.54, 1.807) is 0 Å². The van der Waals surface area contributed by atoms with Gasteiger partial charge in [-0.3, -0.25) is 14.5 Å². The van der Waals surface area contributed by atoms with Gasteiger partial charge in [-0.1, -0.05) is 20.3 Å². The third-order valence-electron chi connectivity index (χ3n) is 3.51. The Kier molecular flexibility index (Phi) is 5.12. The normalized spacial score (nSPS) is 18.0. The SMILES string of the molecule is CC(=O)C(NC(=O)CN(C)C1CCC1)C(C)C. The molecule has 4 heteroatoms. The van der Waals surface area contributed by atoms with Crippen molar-refractivity contribution < 1.29 is 9.59 Å². The standard InChI is InChI=1S/C13H24N2O2/c1-9(2)13(10(3)16)14-12(17)8-15(4)11-6-5-7-11/h9,11,13H,5-8H2,1-4H3,(H,14,17). The van der Waals surface area contributed by atoms with Crippen molar-refractivity contribution in [1.29, 1.82) is 0 Å². The highest BCUT2D eigenvalue weighted by molar-refractivity contribution is 5.88. The molecule has 0 spiro atoms. The average Bonchev–Trinajstić information content (AvgIpc) is 2.09. The fourth-order valence-electron chi connectivity index (χ4n) is 2.14. The Morgan fingerprint density at radius 1 is 1.35 bits per heavy atom. The number of ketones is 1. The number of carbonyl (C=O) groups is 2. The molecule has 0 bridgehead atoms. The molecule has 0 heterocycles. The van der Waals surface area contributed by atoms with Gasteiger partial charge in [-0.05, 0) is 32.7 Å². The molecule has 0 aromatic heterocycles. The Balaban J connectivity index is 2.38. The molecule has 1 atom stereocenters. The van der Waals surface area contributed by atoms with Crippen LogP contribution in [0.4, 0.5) is 0 Å². The van der Waals surface area contributed by atoms with E-state index < -0.39 is 0 Å². The number of rotatable bonds is 6. The molecule has 1 amide bonds. The van der Waals surface area contributed by atoms with Crippen LogP contribution in [0.2, 0.25) is 0 Å². The van der Waals surface area contributed by atoms with Gasteiger partial charge in [-0.25, -0.2) is 0 Å². The molecule has 1 unspecified atom stereocenters. The summed E-state index contributed by atoms with van der Waals surface area (Å²) in [6.45, 7) is 5.81. The van der Waals surface area contributed by atoms with Crippen LogP contribution in [-0.2, 0) is 9.59 Å². The van der Waals surface area contributed by atoms with Gasteiger partial charge in [0.1, 0.15) is 0 Å². The minimum absolute atomic E-state index is 0.0275. The van der Waals surface area contributed by atoms with Crippen molar-refractivity contribution in [3.63, 3.8) is 0 Å². The third-order valence-corrected chi connectivity index (χ3v) is 3.51. The van der Waals surface area contributed by atoms with E-state index in [9.17, 15) is 9.59 Å². The van der Waals surface area contributed by atoms with Crippen molar-refractivity contribution in [2.75, 3.05) is 13.6 Å². The van der Waals surface area contributed by atoms with E-state index in [-0.39, 0.29) is 23.7 Å². The number of amides is 1. The van der Waals surface area contributed by atoms with Crippen LogP contribution in [0.5, 0.6) is 0 Å². The van der Waals surface area contributed by atoms with Gasteiger partial charge < -0.3 is 5.32 Å². The van der Waals surface area contributed by atoms with E-state index in [1.165, 1.54) is 26.2 Å². The first-order valence-electron chi connectivity index (χ1n) is 6.42. The number of likely N-dealkylation sites (N-methyl/N-ethyl adjacent to an activating group) is 1. The van der Waals surface area contributed by atoms with Gasteiger partial charge in [0.2, 0.25) is 5.91 Å². The van der Waals surface area contributed by atoms with Crippen LogP contribution >= 0.6 is 0 Å². The molecule has 1 fully saturated rings. The van der Waals surface area contributed by atoms with Gasteiger partial charge in [0.15, 0.2) is 5.78 Å². The van der Waals surface area contributed by atoms with Crippen molar-refractivity contribution >= 4 is 11.7 Å². The molecule has 0 aromatic carbocycles. The van der Waals surface area contributed by atoms with Crippen molar-refractivity contribution in [2.45, 2.75) is 52.1 Å². The van der Waals surface area contributed by atoms with Crippen LogP contribution in [0, 0.1) is 5.92 Å². The Morgan fingerprint density at radius 2 is 1.94 bits per heavy atom. The zero-order valence-electron chi connectivity index (χ0n) is 11.3. The van der Waals surface area contributed by atoms with Crippen LogP contribution < -0.4 is 5.32 Å². The van der Waals surface area contributed by atoms with Crippen LogP contribution in [0.3, 0.4) is 0 Å². The summed E-state index contributed by atoms with van der Waals surface area (Å²) < 4.78 is 0. The quantitative estimate of drug-likeness (QED) is 0.759. The van der Waals surface area contributed by atoms with Crippen LogP contribution in [0.15, 0.2) is 0 Å². The summed E-state index contributed by atoms with van der Waals surface area (Å²) in [5.74, 6) is 0.124. The Bertz CT molecular complexity index is 285. The van der Waals surface area contributed by atoms with Crippen molar-refractivity contribution in [2.24, 2.45) is 5.92 Å². The average molecular weight is 240 g/mol. The lowest BCUT2D eigenvalue weighted by molar-refractivity contribution is -0.128. The predicted molar refractivity (Wildman–Crippen MR) is 67.7 cm³/mol. The Hall–Kier alpha value is -0.900. The summed E-state index contributed by atoms with van der Waals surface area (Å²) >= 11 is 0. The van der Waals surface area contributed by atoms with E-state index in [2.05, 4.69) is 10.2 Å². The maximum absolute atomic E-state index is 11.8. The lowest BCUT2D eigenvalue weighted by atomic mass is 9.92. The highest BCUT2D eigenvalue weighted by Gasteiger charge is 2.25. The topological polar surface area (TPSA) is 49.4 Å². The lowest BCUT2D eigenvalue weighted by Gasteiger charge is -2.34. The Morgan fingerprint density at radius 3 is 2.29 bits per heavy atom. The summed E-state index contributed by atoms with van der Waals surface area (Å²) in [4.78, 5) is 25.3. The van der Waals surface area contributed by atoms with Crippen molar-refractivity contribution in [1.82, 2.24) is 10.2 Å². The highest BCUT2D eigenvalue weighted by Crippen LogP contribution is 2.23. The Labute approximate surface area is 104 Å². The fraction of sp³-hybridized carbons (Fsp3) is 0.846. The summed E-state index contributed by atoms with van der Waals surface area (Å²) in [6.07, 6.45) is 3.63. The maximum atomic E-state index is 11.8. The minimum Gasteiger partial charge on any atom is -0.345 e. The van der Waals surface area contributed by atoms with Gasteiger partial charge in [-0.2, -0.15) is 0 Å². The van der Waals surface area contributed by atoms with E-state index in [0.29, 0.717) is 12.6 Å². The second kappa shape index (κ2) is 6.15. The molecule has 1 aliphatic rings. The van der Waals surface area contributed by atoms with Crippen molar-refractivity contribution in [3.05, 3.63) is 0 Å². The monoisotopic (exact) mass is 240 g/mol. The van der Waals surface area contributed by atoms with Gasteiger partial charge >= 0.3 is 0 Å². The zero-order chi connectivity index (χ0) is 13.0. The van der Waals surface area contributed by atoms with Gasteiger partial charge in [0.25, 0.3) is 0 Å². The van der Waals surface area contributed by atoms with Crippen LogP contribution in [0.25, 0.3) is 0 Å². The molecule has 1 N–H and O–H groups in total. The first-order valence-corrected chi connectivity index (χ1v) is 6.42. The van der Waals surface area contributed by atoms with Gasteiger partial charge in [0.05, 0.1) is 12.6 Å². The smallest absolute Gasteiger partial charge is 0.234 e. The number of carbonyl (C=O) groups excluding carboxylic acids is 2. The predicted octanol–water partition coefficient (Wildman–Crippen LogP) is 1.20. The van der Waals surface area contributed by atoms with Crippen LogP contribution in [-0.4, -0.2) is 42.3 Å². The molecule has 1 saturated carbocycles. The molecule has 0 aromatic rings. The molecular formula is C13H24N2O2. The molecule has 0 aliphatic heterocycles. The minimum atomic E-state index is -0.350. The van der Waals surface area contributed by atoms with E-state index in [1.807, 2.05) is 20.9 Å². The van der Waals surface area contributed by atoms with E-state index >= 15 is 0 Å². The number of nitrogens with one attached hydrogen (secondary N) is 1. The molecular weight excluding hydrogens is 216 g/mol. The first kappa shape index (κ1) is 14.2. The van der Waals surface area contributed by atoms with Gasteiger partial charge in [-0.15, -0.1) is 0 Å². The summed E-state index contributed by atoms with van der Waals surface area (Å²) in [5.41, 5.74) is 0. The summed E-state index contributed by atoms with van der Waals surface area (Å²) in [7, 11) is 1.97. The van der Waals surface area contributed by atoms with E-state index in [4.69, 9.17) is 0 Å².